The molecule has 0 aliphatic carbocycles. The lowest BCUT2D eigenvalue weighted by atomic mass is 10.2. The summed E-state index contributed by atoms with van der Waals surface area (Å²) >= 11 is 3.19. The van der Waals surface area contributed by atoms with Crippen LogP contribution in [-0.2, 0) is 0 Å². The third-order valence-electron chi connectivity index (χ3n) is 1.18. The van der Waals surface area contributed by atoms with Crippen molar-refractivity contribution in [1.29, 1.82) is 5.26 Å². The van der Waals surface area contributed by atoms with Crippen LogP contribution < -0.4 is 0 Å². The van der Waals surface area contributed by atoms with Gasteiger partial charge in [-0.15, -0.1) is 0 Å². The quantitative estimate of drug-likeness (QED) is 0.493. The van der Waals surface area contributed by atoms with Gasteiger partial charge in [-0.05, 0) is 12.1 Å². The van der Waals surface area contributed by atoms with Gasteiger partial charge < -0.3 is 0 Å². The van der Waals surface area contributed by atoms with Crippen LogP contribution >= 0.6 is 15.9 Å². The van der Waals surface area contributed by atoms with Crippen LogP contribution in [0, 0.1) is 23.2 Å². The van der Waals surface area contributed by atoms with Crippen LogP contribution in [-0.4, -0.2) is 10.3 Å². The van der Waals surface area contributed by atoms with Crippen LogP contribution in [0.1, 0.15) is 11.3 Å². The van der Waals surface area contributed by atoms with Gasteiger partial charge in [0, 0.05) is 11.8 Å². The normalized spacial score (nSPS) is 8.00. The first-order chi connectivity index (χ1) is 5.86. The molecule has 0 atom stereocenters. The van der Waals surface area contributed by atoms with Crippen LogP contribution in [0.15, 0.2) is 18.3 Å². The fourth-order valence-electron chi connectivity index (χ4n) is 0.669. The Labute approximate surface area is 79.4 Å². The number of rotatable bonds is 0. The molecule has 1 rings (SSSR count). The number of nitriles is 1. The van der Waals surface area contributed by atoms with E-state index in [4.69, 9.17) is 5.26 Å². The molecule has 1 heterocycles. The molecule has 0 bridgehead atoms. The Balaban J connectivity index is 2.87. The van der Waals surface area contributed by atoms with E-state index in [1.807, 2.05) is 6.07 Å². The Morgan fingerprint density at radius 2 is 2.33 bits per heavy atom. The van der Waals surface area contributed by atoms with E-state index < -0.39 is 0 Å². The van der Waals surface area contributed by atoms with Gasteiger partial charge in [0.25, 0.3) is 0 Å². The summed E-state index contributed by atoms with van der Waals surface area (Å²) in [6.45, 7) is 0. The van der Waals surface area contributed by atoms with Crippen LogP contribution in [0.4, 0.5) is 0 Å². The molecular formula is C9H5BrN2. The van der Waals surface area contributed by atoms with E-state index in [1.165, 1.54) is 0 Å². The van der Waals surface area contributed by atoms with Crippen molar-refractivity contribution in [3.8, 4) is 17.9 Å². The monoisotopic (exact) mass is 220 g/mol. The lowest BCUT2D eigenvalue weighted by Gasteiger charge is -1.87. The Morgan fingerprint density at radius 1 is 1.50 bits per heavy atom. The average molecular weight is 221 g/mol. The van der Waals surface area contributed by atoms with Crippen molar-refractivity contribution in [2.24, 2.45) is 0 Å². The molecule has 0 fully saturated rings. The first-order valence-electron chi connectivity index (χ1n) is 3.28. The Bertz CT molecular complexity index is 351. The minimum atomic E-state index is 0.416. The van der Waals surface area contributed by atoms with Gasteiger partial charge in [-0.3, -0.25) is 0 Å². The zero-order valence-corrected chi connectivity index (χ0v) is 7.80. The van der Waals surface area contributed by atoms with E-state index in [2.05, 4.69) is 32.8 Å². The van der Waals surface area contributed by atoms with E-state index in [0.717, 1.165) is 5.56 Å². The van der Waals surface area contributed by atoms with E-state index in [-0.39, 0.29) is 0 Å². The molecule has 0 saturated carbocycles. The maximum Gasteiger partial charge on any atom is 0.140 e. The molecule has 12 heavy (non-hydrogen) atoms. The van der Waals surface area contributed by atoms with E-state index in [9.17, 15) is 0 Å². The smallest absolute Gasteiger partial charge is 0.140 e. The van der Waals surface area contributed by atoms with Gasteiger partial charge in [-0.2, -0.15) is 5.26 Å². The highest BCUT2D eigenvalue weighted by Crippen LogP contribution is 1.96. The molecule has 0 spiro atoms. The molecule has 0 saturated heterocycles. The molecule has 0 radical (unpaired) electrons. The molecule has 1 aromatic heterocycles. The summed E-state index contributed by atoms with van der Waals surface area (Å²) in [5, 5.41) is 9.09. The fourth-order valence-corrected chi connectivity index (χ4v) is 0.810. The largest absolute Gasteiger partial charge is 0.244 e. The highest BCUT2D eigenvalue weighted by molar-refractivity contribution is 9.09. The zero-order chi connectivity index (χ0) is 8.81. The summed E-state index contributed by atoms with van der Waals surface area (Å²) < 4.78 is 0. The highest BCUT2D eigenvalue weighted by atomic mass is 79.9. The van der Waals surface area contributed by atoms with E-state index in [1.54, 1.807) is 18.3 Å². The second-order valence-corrected chi connectivity index (χ2v) is 2.54. The zero-order valence-electron chi connectivity index (χ0n) is 6.21. The van der Waals surface area contributed by atoms with Crippen molar-refractivity contribution >= 4 is 15.9 Å². The Morgan fingerprint density at radius 3 is 2.83 bits per heavy atom. The molecule has 0 N–H and O–H groups in total. The van der Waals surface area contributed by atoms with Crippen molar-refractivity contribution in [1.82, 2.24) is 4.98 Å². The summed E-state index contributed by atoms with van der Waals surface area (Å²) in [7, 11) is 0. The minimum Gasteiger partial charge on any atom is -0.244 e. The third-order valence-corrected chi connectivity index (χ3v) is 1.46. The van der Waals surface area contributed by atoms with Crippen molar-refractivity contribution in [2.75, 3.05) is 5.33 Å². The topological polar surface area (TPSA) is 36.7 Å². The lowest BCUT2D eigenvalue weighted by molar-refractivity contribution is 1.25. The molecule has 0 aromatic carbocycles. The van der Waals surface area contributed by atoms with Gasteiger partial charge in [0.2, 0.25) is 0 Å². The number of halogens is 1. The second-order valence-electron chi connectivity index (χ2n) is 1.98. The number of nitrogens with zero attached hydrogens (tertiary/aromatic N) is 2. The van der Waals surface area contributed by atoms with E-state index >= 15 is 0 Å². The summed E-state index contributed by atoms with van der Waals surface area (Å²) in [6, 6.07) is 5.37. The molecule has 58 valence electrons. The molecular weight excluding hydrogens is 216 g/mol. The minimum absolute atomic E-state index is 0.416. The van der Waals surface area contributed by atoms with Crippen molar-refractivity contribution in [3.63, 3.8) is 0 Å². The van der Waals surface area contributed by atoms with Crippen LogP contribution in [0.5, 0.6) is 0 Å². The van der Waals surface area contributed by atoms with Gasteiger partial charge >= 0.3 is 0 Å². The Hall–Kier alpha value is -1.32. The van der Waals surface area contributed by atoms with Crippen molar-refractivity contribution in [2.45, 2.75) is 0 Å². The SMILES string of the molecule is N#Cc1ccc(C#CCBr)cn1. The summed E-state index contributed by atoms with van der Waals surface area (Å²) in [4.78, 5) is 3.87. The lowest BCUT2D eigenvalue weighted by Crippen LogP contribution is -1.82. The van der Waals surface area contributed by atoms with Crippen LogP contribution in [0.2, 0.25) is 0 Å². The van der Waals surface area contributed by atoms with Crippen molar-refractivity contribution < 1.29 is 0 Å². The summed E-state index contributed by atoms with van der Waals surface area (Å²) in [6.07, 6.45) is 1.59. The fraction of sp³-hybridized carbons (Fsp3) is 0.111. The molecule has 3 heteroatoms. The number of aromatic nitrogens is 1. The molecule has 0 aliphatic rings. The number of alkyl halides is 1. The first-order valence-corrected chi connectivity index (χ1v) is 4.40. The molecule has 0 aliphatic heterocycles. The number of hydrogen-bond donors (Lipinski definition) is 0. The predicted molar refractivity (Wildman–Crippen MR) is 49.6 cm³/mol. The number of hydrogen-bond acceptors (Lipinski definition) is 2. The van der Waals surface area contributed by atoms with Gasteiger partial charge in [-0.1, -0.05) is 27.8 Å². The van der Waals surface area contributed by atoms with Crippen LogP contribution in [0.25, 0.3) is 0 Å². The molecule has 0 unspecified atom stereocenters. The maximum atomic E-state index is 8.45. The highest BCUT2D eigenvalue weighted by Gasteiger charge is 1.89. The number of pyridine rings is 1. The Kier molecular flexibility index (Phi) is 3.32. The molecule has 0 amide bonds. The van der Waals surface area contributed by atoms with Gasteiger partial charge in [0.15, 0.2) is 0 Å². The van der Waals surface area contributed by atoms with E-state index in [0.29, 0.717) is 11.0 Å². The summed E-state index contributed by atoms with van der Waals surface area (Å²) in [5.74, 6) is 5.72. The maximum absolute atomic E-state index is 8.45. The molecule has 1 aromatic rings. The van der Waals surface area contributed by atoms with Crippen molar-refractivity contribution in [3.05, 3.63) is 29.6 Å². The molecule has 2 nitrogen and oxygen atoms in total. The first kappa shape index (κ1) is 8.77. The van der Waals surface area contributed by atoms with Crippen LogP contribution in [0.3, 0.4) is 0 Å². The van der Waals surface area contributed by atoms with Gasteiger partial charge in [0.05, 0.1) is 5.33 Å². The summed E-state index contributed by atoms with van der Waals surface area (Å²) in [5.41, 5.74) is 1.24. The third kappa shape index (κ3) is 2.38. The second kappa shape index (κ2) is 4.54. The van der Waals surface area contributed by atoms with Gasteiger partial charge in [0.1, 0.15) is 11.8 Å². The average Bonchev–Trinajstić information content (AvgIpc) is 2.15. The van der Waals surface area contributed by atoms with Gasteiger partial charge in [-0.25, -0.2) is 4.98 Å². The standard InChI is InChI=1S/C9H5BrN2/c10-5-1-2-8-3-4-9(6-11)12-7-8/h3-4,7H,5H2. The predicted octanol–water partition coefficient (Wildman–Crippen LogP) is 1.70.